The van der Waals surface area contributed by atoms with Crippen molar-refractivity contribution in [1.29, 1.82) is 0 Å². The summed E-state index contributed by atoms with van der Waals surface area (Å²) in [4.78, 5) is 11.5. The Bertz CT molecular complexity index is 366. The predicted octanol–water partition coefficient (Wildman–Crippen LogP) is 2.32. The molecule has 0 aliphatic heterocycles. The summed E-state index contributed by atoms with van der Waals surface area (Å²) in [6, 6.07) is 4.86. The largest absolute Gasteiger partial charge is 0.324 e. The van der Waals surface area contributed by atoms with Crippen LogP contribution in [-0.4, -0.2) is 11.9 Å². The lowest BCUT2D eigenvalue weighted by atomic mass is 10.1. The number of nitrogens with two attached hydrogens (primary N) is 1. The van der Waals surface area contributed by atoms with Gasteiger partial charge in [-0.15, -0.1) is 0 Å². The molecule has 0 aromatic heterocycles. The zero-order valence-corrected chi connectivity index (χ0v) is 9.64. The average Bonchev–Trinajstić information content (AvgIpc) is 2.20. The van der Waals surface area contributed by atoms with Gasteiger partial charge in [0.05, 0.1) is 6.04 Å². The van der Waals surface area contributed by atoms with Gasteiger partial charge in [0, 0.05) is 10.7 Å². The van der Waals surface area contributed by atoms with Crippen LogP contribution in [0, 0.1) is 6.92 Å². The van der Waals surface area contributed by atoms with E-state index in [1.165, 1.54) is 0 Å². The number of nitrogens with one attached hydrogen (secondary N) is 1. The minimum atomic E-state index is -0.458. The maximum atomic E-state index is 11.5. The molecular formula is C11H15ClN2O. The Morgan fingerprint density at radius 3 is 2.80 bits per heavy atom. The van der Waals surface area contributed by atoms with Crippen molar-refractivity contribution < 1.29 is 4.79 Å². The number of aryl methyl sites for hydroxylation is 1. The Labute approximate surface area is 94.6 Å². The molecule has 0 heterocycles. The summed E-state index contributed by atoms with van der Waals surface area (Å²) < 4.78 is 0. The number of hydrogen-bond donors (Lipinski definition) is 2. The van der Waals surface area contributed by atoms with Crippen LogP contribution >= 0.6 is 11.6 Å². The fraction of sp³-hybridized carbons (Fsp3) is 0.364. The molecule has 82 valence electrons. The zero-order chi connectivity index (χ0) is 11.4. The Morgan fingerprint density at radius 2 is 2.27 bits per heavy atom. The Kier molecular flexibility index (Phi) is 4.12. The van der Waals surface area contributed by atoms with Crippen LogP contribution in [0.3, 0.4) is 0 Å². The zero-order valence-electron chi connectivity index (χ0n) is 8.88. The maximum Gasteiger partial charge on any atom is 0.241 e. The van der Waals surface area contributed by atoms with Crippen molar-refractivity contribution in [2.75, 3.05) is 5.32 Å². The van der Waals surface area contributed by atoms with Crippen molar-refractivity contribution in [2.45, 2.75) is 26.3 Å². The molecule has 1 rings (SSSR count). The molecule has 1 atom stereocenters. The van der Waals surface area contributed by atoms with E-state index in [2.05, 4.69) is 5.32 Å². The third-order valence-corrected chi connectivity index (χ3v) is 2.46. The van der Waals surface area contributed by atoms with Gasteiger partial charge < -0.3 is 11.1 Å². The van der Waals surface area contributed by atoms with E-state index in [0.29, 0.717) is 11.4 Å². The number of carbonyl (C=O) groups excluding carboxylic acids is 1. The van der Waals surface area contributed by atoms with Crippen molar-refractivity contribution in [2.24, 2.45) is 5.73 Å². The van der Waals surface area contributed by atoms with E-state index in [1.54, 1.807) is 18.2 Å². The van der Waals surface area contributed by atoms with Gasteiger partial charge in [-0.1, -0.05) is 18.5 Å². The summed E-state index contributed by atoms with van der Waals surface area (Å²) in [7, 11) is 0. The van der Waals surface area contributed by atoms with Gasteiger partial charge in [-0.25, -0.2) is 0 Å². The average molecular weight is 227 g/mol. The molecule has 0 spiro atoms. The molecule has 0 aliphatic carbocycles. The molecule has 3 nitrogen and oxygen atoms in total. The third kappa shape index (κ3) is 3.22. The van der Waals surface area contributed by atoms with E-state index in [9.17, 15) is 4.79 Å². The Hall–Kier alpha value is -1.06. The molecule has 0 saturated carbocycles. The van der Waals surface area contributed by atoms with Crippen LogP contribution in [-0.2, 0) is 4.79 Å². The molecule has 15 heavy (non-hydrogen) atoms. The summed E-state index contributed by atoms with van der Waals surface area (Å²) in [5.41, 5.74) is 7.29. The smallest absolute Gasteiger partial charge is 0.241 e. The maximum absolute atomic E-state index is 11.5. The molecule has 0 unspecified atom stereocenters. The third-order valence-electron chi connectivity index (χ3n) is 2.22. The van der Waals surface area contributed by atoms with E-state index < -0.39 is 6.04 Å². The quantitative estimate of drug-likeness (QED) is 0.831. The number of rotatable bonds is 3. The fourth-order valence-corrected chi connectivity index (χ4v) is 1.40. The highest BCUT2D eigenvalue weighted by atomic mass is 35.5. The van der Waals surface area contributed by atoms with Crippen LogP contribution in [0.15, 0.2) is 18.2 Å². The number of hydrogen-bond acceptors (Lipinski definition) is 2. The van der Waals surface area contributed by atoms with E-state index in [-0.39, 0.29) is 5.91 Å². The van der Waals surface area contributed by atoms with Gasteiger partial charge in [-0.3, -0.25) is 4.79 Å². The lowest BCUT2D eigenvalue weighted by Crippen LogP contribution is -2.34. The molecule has 0 fully saturated rings. The van der Waals surface area contributed by atoms with Crippen molar-refractivity contribution in [3.8, 4) is 0 Å². The van der Waals surface area contributed by atoms with E-state index in [0.717, 1.165) is 11.3 Å². The van der Waals surface area contributed by atoms with Crippen molar-refractivity contribution in [3.63, 3.8) is 0 Å². The molecule has 3 N–H and O–H groups in total. The molecule has 0 bridgehead atoms. The normalized spacial score (nSPS) is 12.3. The lowest BCUT2D eigenvalue weighted by molar-refractivity contribution is -0.117. The van der Waals surface area contributed by atoms with E-state index in [4.69, 9.17) is 17.3 Å². The Morgan fingerprint density at radius 1 is 1.60 bits per heavy atom. The van der Waals surface area contributed by atoms with Gasteiger partial charge >= 0.3 is 0 Å². The first-order valence-electron chi connectivity index (χ1n) is 4.87. The topological polar surface area (TPSA) is 55.1 Å². The molecule has 0 saturated heterocycles. The van der Waals surface area contributed by atoms with Crippen LogP contribution in [0.4, 0.5) is 5.69 Å². The fourth-order valence-electron chi connectivity index (χ4n) is 1.18. The molecule has 1 aromatic carbocycles. The predicted molar refractivity (Wildman–Crippen MR) is 63.1 cm³/mol. The van der Waals surface area contributed by atoms with Gasteiger partial charge in [0.1, 0.15) is 0 Å². The van der Waals surface area contributed by atoms with E-state index >= 15 is 0 Å². The molecule has 1 amide bonds. The first-order chi connectivity index (χ1) is 7.04. The summed E-state index contributed by atoms with van der Waals surface area (Å²) in [6.45, 7) is 3.76. The standard InChI is InChI=1S/C11H15ClN2O/c1-3-9(13)11(15)14-10-5-4-8(12)6-7(10)2/h4-6,9H,3,13H2,1-2H3,(H,14,15)/t9-/m1/s1. The number of benzene rings is 1. The summed E-state index contributed by atoms with van der Waals surface area (Å²) in [5.74, 6) is -0.164. The number of carbonyl (C=O) groups is 1. The van der Waals surface area contributed by atoms with Crippen LogP contribution in [0.2, 0.25) is 5.02 Å². The van der Waals surface area contributed by atoms with Crippen LogP contribution in [0.25, 0.3) is 0 Å². The summed E-state index contributed by atoms with van der Waals surface area (Å²) >= 11 is 5.81. The molecule has 4 heteroatoms. The highest BCUT2D eigenvalue weighted by Crippen LogP contribution is 2.19. The SMILES string of the molecule is CC[C@@H](N)C(=O)Nc1ccc(Cl)cc1C. The number of halogens is 1. The second-order valence-corrected chi connectivity index (χ2v) is 3.90. The van der Waals surface area contributed by atoms with Crippen molar-refractivity contribution >= 4 is 23.2 Å². The van der Waals surface area contributed by atoms with Gasteiger partial charge in [0.25, 0.3) is 0 Å². The Balaban J connectivity index is 2.77. The number of anilines is 1. The molecular weight excluding hydrogens is 212 g/mol. The molecule has 1 aromatic rings. The van der Waals surface area contributed by atoms with Gasteiger partial charge in [0.2, 0.25) is 5.91 Å². The van der Waals surface area contributed by atoms with E-state index in [1.807, 2.05) is 13.8 Å². The summed E-state index contributed by atoms with van der Waals surface area (Å²) in [6.07, 6.45) is 0.623. The van der Waals surface area contributed by atoms with Crippen LogP contribution < -0.4 is 11.1 Å². The van der Waals surface area contributed by atoms with Gasteiger partial charge in [0.15, 0.2) is 0 Å². The highest BCUT2D eigenvalue weighted by Gasteiger charge is 2.11. The van der Waals surface area contributed by atoms with Crippen LogP contribution in [0.5, 0.6) is 0 Å². The summed E-state index contributed by atoms with van der Waals surface area (Å²) in [5, 5.41) is 3.42. The second kappa shape index (κ2) is 5.14. The van der Waals surface area contributed by atoms with Crippen LogP contribution in [0.1, 0.15) is 18.9 Å². The monoisotopic (exact) mass is 226 g/mol. The highest BCUT2D eigenvalue weighted by molar-refractivity contribution is 6.30. The minimum absolute atomic E-state index is 0.164. The van der Waals surface area contributed by atoms with Gasteiger partial charge in [-0.2, -0.15) is 0 Å². The number of amides is 1. The first kappa shape index (κ1) is 12.0. The van der Waals surface area contributed by atoms with Crippen molar-refractivity contribution in [3.05, 3.63) is 28.8 Å². The molecule has 0 aliphatic rings. The van der Waals surface area contributed by atoms with Crippen molar-refractivity contribution in [1.82, 2.24) is 0 Å². The second-order valence-electron chi connectivity index (χ2n) is 3.46. The molecule has 0 radical (unpaired) electrons. The first-order valence-corrected chi connectivity index (χ1v) is 5.25. The lowest BCUT2D eigenvalue weighted by Gasteiger charge is -2.12. The van der Waals surface area contributed by atoms with Gasteiger partial charge in [-0.05, 0) is 37.1 Å². The minimum Gasteiger partial charge on any atom is -0.324 e.